The molecule has 1 saturated heterocycles. The minimum atomic E-state index is 0. The second-order valence-electron chi connectivity index (χ2n) is 8.87. The number of guanidine groups is 1. The second-order valence-corrected chi connectivity index (χ2v) is 8.87. The van der Waals surface area contributed by atoms with Crippen LogP contribution in [0.25, 0.3) is 0 Å². The van der Waals surface area contributed by atoms with Crippen LogP contribution in [0, 0.1) is 12.8 Å². The van der Waals surface area contributed by atoms with Crippen molar-refractivity contribution in [1.29, 1.82) is 0 Å². The molecule has 2 aliphatic rings. The van der Waals surface area contributed by atoms with E-state index >= 15 is 0 Å². The molecule has 33 heavy (non-hydrogen) atoms. The van der Waals surface area contributed by atoms with Crippen molar-refractivity contribution in [2.24, 2.45) is 10.9 Å². The SMILES string of the molecule is CN=C(NCCCn1nc2n(c1=O)CCCC2)NCC1CCCOC1c1ccc(C)cc1.I. The molecule has 0 saturated carbocycles. The largest absolute Gasteiger partial charge is 0.373 e. The number of aliphatic imine (C=N–C) groups is 1. The molecule has 1 aromatic heterocycles. The normalized spacial score (nSPS) is 20.6. The van der Waals surface area contributed by atoms with Gasteiger partial charge in [0, 0.05) is 52.2 Å². The number of aromatic nitrogens is 3. The first kappa shape index (κ1) is 25.7. The number of fused-ring (bicyclic) bond motifs is 1. The van der Waals surface area contributed by atoms with E-state index in [2.05, 4.69) is 51.9 Å². The Kier molecular flexibility index (Phi) is 9.78. The van der Waals surface area contributed by atoms with Gasteiger partial charge in [0.2, 0.25) is 0 Å². The third-order valence-electron chi connectivity index (χ3n) is 6.48. The van der Waals surface area contributed by atoms with E-state index < -0.39 is 0 Å². The number of nitrogens with one attached hydrogen (secondary N) is 2. The van der Waals surface area contributed by atoms with Crippen LogP contribution in [-0.2, 0) is 24.2 Å². The van der Waals surface area contributed by atoms with Crippen molar-refractivity contribution >= 4 is 29.9 Å². The molecule has 1 fully saturated rings. The molecule has 2 aliphatic heterocycles. The van der Waals surface area contributed by atoms with Gasteiger partial charge in [-0.15, -0.1) is 24.0 Å². The van der Waals surface area contributed by atoms with E-state index in [0.717, 1.165) is 76.6 Å². The van der Waals surface area contributed by atoms with Crippen molar-refractivity contribution in [2.75, 3.05) is 26.7 Å². The Morgan fingerprint density at radius 1 is 1.21 bits per heavy atom. The summed E-state index contributed by atoms with van der Waals surface area (Å²) in [5.41, 5.74) is 2.54. The molecule has 182 valence electrons. The van der Waals surface area contributed by atoms with Gasteiger partial charge in [0.15, 0.2) is 5.96 Å². The number of rotatable bonds is 7. The van der Waals surface area contributed by atoms with Gasteiger partial charge in [-0.2, -0.15) is 5.10 Å². The summed E-state index contributed by atoms with van der Waals surface area (Å²) in [6.07, 6.45) is 6.26. The Balaban J connectivity index is 0.00000306. The first-order valence-electron chi connectivity index (χ1n) is 11.9. The van der Waals surface area contributed by atoms with Gasteiger partial charge >= 0.3 is 5.69 Å². The van der Waals surface area contributed by atoms with E-state index in [1.807, 2.05) is 4.57 Å². The highest BCUT2D eigenvalue weighted by Gasteiger charge is 2.27. The molecule has 0 amide bonds. The highest BCUT2D eigenvalue weighted by molar-refractivity contribution is 14.0. The Labute approximate surface area is 213 Å². The number of ether oxygens (including phenoxy) is 1. The summed E-state index contributed by atoms with van der Waals surface area (Å²) in [5, 5.41) is 11.3. The van der Waals surface area contributed by atoms with Crippen molar-refractivity contribution in [3.8, 4) is 0 Å². The van der Waals surface area contributed by atoms with Gasteiger partial charge in [-0.05, 0) is 44.6 Å². The van der Waals surface area contributed by atoms with Crippen LogP contribution in [0.1, 0.15) is 55.2 Å². The zero-order valence-corrected chi connectivity index (χ0v) is 22.1. The van der Waals surface area contributed by atoms with Crippen LogP contribution < -0.4 is 16.3 Å². The maximum absolute atomic E-state index is 12.4. The molecule has 9 heteroatoms. The molecular weight excluding hydrogens is 531 g/mol. The number of hydrogen-bond acceptors (Lipinski definition) is 4. The smallest absolute Gasteiger partial charge is 0.345 e. The van der Waals surface area contributed by atoms with Crippen molar-refractivity contribution in [2.45, 2.75) is 64.6 Å². The van der Waals surface area contributed by atoms with Gasteiger partial charge in [0.05, 0.1) is 6.10 Å². The van der Waals surface area contributed by atoms with Crippen LogP contribution >= 0.6 is 24.0 Å². The highest BCUT2D eigenvalue weighted by Crippen LogP contribution is 2.33. The Bertz CT molecular complexity index is 968. The van der Waals surface area contributed by atoms with Crippen LogP contribution in [0.5, 0.6) is 0 Å². The van der Waals surface area contributed by atoms with Crippen LogP contribution in [0.15, 0.2) is 34.1 Å². The van der Waals surface area contributed by atoms with Gasteiger partial charge in [-0.3, -0.25) is 9.56 Å². The summed E-state index contributed by atoms with van der Waals surface area (Å²) in [7, 11) is 1.79. The van der Waals surface area contributed by atoms with Crippen LogP contribution in [0.4, 0.5) is 0 Å². The molecule has 2 aromatic rings. The minimum Gasteiger partial charge on any atom is -0.373 e. The number of aryl methyl sites for hydroxylation is 3. The summed E-state index contributed by atoms with van der Waals surface area (Å²) >= 11 is 0. The lowest BCUT2D eigenvalue weighted by Gasteiger charge is -2.32. The number of benzene rings is 1. The highest BCUT2D eigenvalue weighted by atomic mass is 127. The molecule has 2 atom stereocenters. The summed E-state index contributed by atoms with van der Waals surface area (Å²) in [4.78, 5) is 16.8. The number of hydrogen-bond donors (Lipinski definition) is 2. The first-order chi connectivity index (χ1) is 15.7. The summed E-state index contributed by atoms with van der Waals surface area (Å²) in [5.74, 6) is 2.12. The lowest BCUT2D eigenvalue weighted by atomic mass is 9.89. The Morgan fingerprint density at radius 3 is 2.79 bits per heavy atom. The van der Waals surface area contributed by atoms with E-state index in [4.69, 9.17) is 4.74 Å². The van der Waals surface area contributed by atoms with Crippen molar-refractivity contribution in [1.82, 2.24) is 25.0 Å². The van der Waals surface area contributed by atoms with E-state index in [9.17, 15) is 4.79 Å². The van der Waals surface area contributed by atoms with Crippen molar-refractivity contribution in [3.05, 3.63) is 51.7 Å². The summed E-state index contributed by atoms with van der Waals surface area (Å²) in [6, 6.07) is 8.67. The first-order valence-corrected chi connectivity index (χ1v) is 11.9. The molecule has 2 N–H and O–H groups in total. The average molecular weight is 569 g/mol. The van der Waals surface area contributed by atoms with Gasteiger partial charge < -0.3 is 15.4 Å². The van der Waals surface area contributed by atoms with E-state index in [1.54, 1.807) is 11.7 Å². The minimum absolute atomic E-state index is 0. The van der Waals surface area contributed by atoms with Crippen LogP contribution in [0.3, 0.4) is 0 Å². The molecule has 2 unspecified atom stereocenters. The van der Waals surface area contributed by atoms with E-state index in [0.29, 0.717) is 12.5 Å². The molecule has 0 radical (unpaired) electrons. The molecule has 0 bridgehead atoms. The van der Waals surface area contributed by atoms with Gasteiger partial charge in [0.25, 0.3) is 0 Å². The fourth-order valence-electron chi connectivity index (χ4n) is 4.66. The average Bonchev–Trinajstić information content (AvgIpc) is 3.15. The van der Waals surface area contributed by atoms with E-state index in [1.165, 1.54) is 11.1 Å². The lowest BCUT2D eigenvalue weighted by molar-refractivity contribution is -0.0265. The summed E-state index contributed by atoms with van der Waals surface area (Å²) < 4.78 is 9.58. The standard InChI is InChI=1S/C24H36N6O2.HI/c1-18-9-11-19(12-10-18)22-20(7-5-16-32-22)17-27-23(25-2)26-13-6-15-30-24(31)29-14-4-3-8-21(29)28-30;/h9-12,20,22H,3-8,13-17H2,1-2H3,(H2,25,26,27);1H. The molecule has 0 aliphatic carbocycles. The quantitative estimate of drug-likeness (QED) is 0.232. The van der Waals surface area contributed by atoms with E-state index in [-0.39, 0.29) is 35.8 Å². The molecule has 0 spiro atoms. The van der Waals surface area contributed by atoms with Crippen molar-refractivity contribution in [3.63, 3.8) is 0 Å². The van der Waals surface area contributed by atoms with Crippen LogP contribution in [0.2, 0.25) is 0 Å². The zero-order chi connectivity index (χ0) is 22.3. The van der Waals surface area contributed by atoms with Gasteiger partial charge in [-0.1, -0.05) is 29.8 Å². The maximum Gasteiger partial charge on any atom is 0.345 e. The molecule has 4 rings (SSSR count). The Hall–Kier alpha value is -1.88. The monoisotopic (exact) mass is 568 g/mol. The topological polar surface area (TPSA) is 85.5 Å². The number of nitrogens with zero attached hydrogens (tertiary/aromatic N) is 4. The molecule has 1 aromatic carbocycles. The second kappa shape index (κ2) is 12.5. The zero-order valence-electron chi connectivity index (χ0n) is 19.8. The number of halogens is 1. The van der Waals surface area contributed by atoms with Crippen LogP contribution in [-0.4, -0.2) is 47.1 Å². The van der Waals surface area contributed by atoms with Crippen molar-refractivity contribution < 1.29 is 4.74 Å². The molecule has 8 nitrogen and oxygen atoms in total. The lowest BCUT2D eigenvalue weighted by Crippen LogP contribution is -2.42. The van der Waals surface area contributed by atoms with Gasteiger partial charge in [-0.25, -0.2) is 9.48 Å². The predicted octanol–water partition coefficient (Wildman–Crippen LogP) is 3.03. The van der Waals surface area contributed by atoms with Gasteiger partial charge in [0.1, 0.15) is 5.82 Å². The molecular formula is C24H37IN6O2. The third kappa shape index (κ3) is 6.59. The maximum atomic E-state index is 12.4. The summed E-state index contributed by atoms with van der Waals surface area (Å²) in [6.45, 7) is 5.89. The fourth-order valence-corrected chi connectivity index (χ4v) is 4.66. The predicted molar refractivity (Wildman–Crippen MR) is 141 cm³/mol. The Morgan fingerprint density at radius 2 is 2.03 bits per heavy atom. The molecule has 3 heterocycles. The fraction of sp³-hybridized carbons (Fsp3) is 0.625. The third-order valence-corrected chi connectivity index (χ3v) is 6.48.